The van der Waals surface area contributed by atoms with Crippen LogP contribution in [0.25, 0.3) is 0 Å². The molecule has 1 aliphatic heterocycles. The predicted molar refractivity (Wildman–Crippen MR) is 65.1 cm³/mol. The molecular formula is C12H13NO2S. The number of esters is 1. The first-order valence-corrected chi connectivity index (χ1v) is 5.55. The fourth-order valence-corrected chi connectivity index (χ4v) is 2.00. The molecule has 0 radical (unpaired) electrons. The van der Waals surface area contributed by atoms with Crippen molar-refractivity contribution in [2.24, 2.45) is 0 Å². The second-order valence-corrected chi connectivity index (χ2v) is 4.28. The van der Waals surface area contributed by atoms with Crippen LogP contribution >= 0.6 is 12.2 Å². The summed E-state index contributed by atoms with van der Waals surface area (Å²) < 4.78 is 5.35. The number of hydrogen-bond donors (Lipinski definition) is 0. The van der Waals surface area contributed by atoms with Gasteiger partial charge in [0.1, 0.15) is 6.10 Å². The molecule has 2 unspecified atom stereocenters. The van der Waals surface area contributed by atoms with Crippen LogP contribution in [0, 0.1) is 0 Å². The van der Waals surface area contributed by atoms with Gasteiger partial charge in [-0.3, -0.25) is 0 Å². The van der Waals surface area contributed by atoms with Gasteiger partial charge < -0.3 is 9.64 Å². The van der Waals surface area contributed by atoms with Crippen LogP contribution in [0.2, 0.25) is 0 Å². The SMILES string of the molecule is CC1C(c2ccccc2)OC(=O)C(=S)N1C. The van der Waals surface area contributed by atoms with Gasteiger partial charge in [-0.25, -0.2) is 4.79 Å². The molecule has 3 nitrogen and oxygen atoms in total. The Balaban J connectivity index is 2.30. The monoisotopic (exact) mass is 235 g/mol. The number of thiocarbonyl (C=S) groups is 1. The van der Waals surface area contributed by atoms with Gasteiger partial charge in [0, 0.05) is 7.05 Å². The molecule has 1 aromatic carbocycles. The van der Waals surface area contributed by atoms with Crippen LogP contribution in [0.1, 0.15) is 18.6 Å². The van der Waals surface area contributed by atoms with Crippen molar-refractivity contribution in [2.45, 2.75) is 19.1 Å². The zero-order chi connectivity index (χ0) is 11.7. The molecule has 0 spiro atoms. The van der Waals surface area contributed by atoms with Gasteiger partial charge in [-0.15, -0.1) is 0 Å². The maximum absolute atomic E-state index is 11.5. The topological polar surface area (TPSA) is 29.5 Å². The highest BCUT2D eigenvalue weighted by Gasteiger charge is 2.36. The molecule has 1 fully saturated rings. The minimum atomic E-state index is -0.413. The van der Waals surface area contributed by atoms with Gasteiger partial charge >= 0.3 is 5.97 Å². The molecule has 0 N–H and O–H groups in total. The van der Waals surface area contributed by atoms with Crippen molar-refractivity contribution in [1.29, 1.82) is 0 Å². The molecule has 0 aliphatic carbocycles. The third kappa shape index (κ3) is 1.80. The van der Waals surface area contributed by atoms with E-state index >= 15 is 0 Å². The number of carbonyl (C=O) groups is 1. The van der Waals surface area contributed by atoms with E-state index in [2.05, 4.69) is 0 Å². The highest BCUT2D eigenvalue weighted by molar-refractivity contribution is 7.81. The smallest absolute Gasteiger partial charge is 0.366 e. The van der Waals surface area contributed by atoms with Crippen molar-refractivity contribution in [1.82, 2.24) is 4.90 Å². The Morgan fingerprint density at radius 3 is 2.56 bits per heavy atom. The second kappa shape index (κ2) is 4.22. The van der Waals surface area contributed by atoms with Crippen LogP contribution in [-0.2, 0) is 9.53 Å². The number of likely N-dealkylation sites (N-methyl/N-ethyl adjacent to an activating group) is 1. The molecule has 1 aliphatic rings. The minimum Gasteiger partial charge on any atom is -0.450 e. The highest BCUT2D eigenvalue weighted by Crippen LogP contribution is 2.28. The lowest BCUT2D eigenvalue weighted by atomic mass is 10.0. The molecule has 16 heavy (non-hydrogen) atoms. The van der Waals surface area contributed by atoms with E-state index in [0.717, 1.165) is 5.56 Å². The van der Waals surface area contributed by atoms with Gasteiger partial charge in [0.25, 0.3) is 0 Å². The minimum absolute atomic E-state index is 0.0626. The summed E-state index contributed by atoms with van der Waals surface area (Å²) in [5, 5.41) is 0. The Kier molecular flexibility index (Phi) is 2.92. The number of hydrogen-bond acceptors (Lipinski definition) is 3. The lowest BCUT2D eigenvalue weighted by Gasteiger charge is -2.37. The fourth-order valence-electron chi connectivity index (χ4n) is 1.79. The largest absolute Gasteiger partial charge is 0.450 e. The Morgan fingerprint density at radius 1 is 1.31 bits per heavy atom. The van der Waals surface area contributed by atoms with E-state index in [1.54, 1.807) is 4.90 Å². The molecule has 0 amide bonds. The summed E-state index contributed by atoms with van der Waals surface area (Å²) in [7, 11) is 1.82. The molecule has 0 bridgehead atoms. The van der Waals surface area contributed by atoms with Crippen LogP contribution in [0.15, 0.2) is 30.3 Å². The standard InChI is InChI=1S/C12H13NO2S/c1-8-10(9-6-4-3-5-7-9)15-12(14)11(16)13(8)2/h3-8,10H,1-2H3. The van der Waals surface area contributed by atoms with Gasteiger partial charge in [-0.05, 0) is 12.5 Å². The van der Waals surface area contributed by atoms with E-state index in [-0.39, 0.29) is 17.1 Å². The average Bonchev–Trinajstić information content (AvgIpc) is 2.32. The molecule has 4 heteroatoms. The van der Waals surface area contributed by atoms with E-state index in [9.17, 15) is 4.79 Å². The first-order chi connectivity index (χ1) is 7.61. The normalized spacial score (nSPS) is 25.5. The van der Waals surface area contributed by atoms with E-state index in [0.29, 0.717) is 0 Å². The molecule has 0 saturated carbocycles. The van der Waals surface area contributed by atoms with E-state index in [1.807, 2.05) is 44.3 Å². The van der Waals surface area contributed by atoms with Crippen LogP contribution < -0.4 is 0 Å². The van der Waals surface area contributed by atoms with Gasteiger partial charge in [-0.2, -0.15) is 0 Å². The lowest BCUT2D eigenvalue weighted by Crippen LogP contribution is -2.48. The summed E-state index contributed by atoms with van der Waals surface area (Å²) in [6.07, 6.45) is -0.245. The van der Waals surface area contributed by atoms with Crippen LogP contribution in [0.4, 0.5) is 0 Å². The van der Waals surface area contributed by atoms with Crippen molar-refractivity contribution in [3.05, 3.63) is 35.9 Å². The fraction of sp³-hybridized carbons (Fsp3) is 0.333. The maximum Gasteiger partial charge on any atom is 0.366 e. The number of ether oxygens (including phenoxy) is 1. The molecule has 2 atom stereocenters. The van der Waals surface area contributed by atoms with Crippen LogP contribution in [0.5, 0.6) is 0 Å². The summed E-state index contributed by atoms with van der Waals surface area (Å²) in [6.45, 7) is 2.00. The van der Waals surface area contributed by atoms with Crippen molar-refractivity contribution in [3.63, 3.8) is 0 Å². The van der Waals surface area contributed by atoms with Crippen molar-refractivity contribution in [2.75, 3.05) is 7.05 Å². The first kappa shape index (κ1) is 11.1. The average molecular weight is 235 g/mol. The van der Waals surface area contributed by atoms with E-state index in [4.69, 9.17) is 17.0 Å². The zero-order valence-corrected chi connectivity index (χ0v) is 10.0. The van der Waals surface area contributed by atoms with E-state index in [1.165, 1.54) is 0 Å². The molecule has 2 rings (SSSR count). The number of morpholine rings is 1. The molecule has 1 heterocycles. The number of nitrogens with zero attached hydrogens (tertiary/aromatic N) is 1. The number of benzene rings is 1. The summed E-state index contributed by atoms with van der Waals surface area (Å²) in [6, 6.07) is 9.78. The molecule has 1 saturated heterocycles. The van der Waals surface area contributed by atoms with Gasteiger partial charge in [-0.1, -0.05) is 42.5 Å². The first-order valence-electron chi connectivity index (χ1n) is 5.14. The zero-order valence-electron chi connectivity index (χ0n) is 9.21. The Hall–Kier alpha value is -1.42. The summed E-state index contributed by atoms with van der Waals surface area (Å²) in [5.41, 5.74) is 0.998. The predicted octanol–water partition coefficient (Wildman–Crippen LogP) is 1.93. The molecule has 0 aromatic heterocycles. The van der Waals surface area contributed by atoms with Crippen molar-refractivity contribution in [3.8, 4) is 0 Å². The molecule has 84 valence electrons. The summed E-state index contributed by atoms with van der Waals surface area (Å²) in [5.74, 6) is -0.413. The number of rotatable bonds is 1. The highest BCUT2D eigenvalue weighted by atomic mass is 32.1. The van der Waals surface area contributed by atoms with Crippen molar-refractivity contribution >= 4 is 23.2 Å². The lowest BCUT2D eigenvalue weighted by molar-refractivity contribution is -0.148. The number of carbonyl (C=O) groups excluding carboxylic acids is 1. The molecular weight excluding hydrogens is 222 g/mol. The Labute approximate surface area is 100 Å². The van der Waals surface area contributed by atoms with Crippen LogP contribution in [0.3, 0.4) is 0 Å². The van der Waals surface area contributed by atoms with Gasteiger partial charge in [0.2, 0.25) is 0 Å². The van der Waals surface area contributed by atoms with Gasteiger partial charge in [0.05, 0.1) is 6.04 Å². The molecule has 1 aromatic rings. The second-order valence-electron chi connectivity index (χ2n) is 3.89. The third-order valence-corrected chi connectivity index (χ3v) is 3.36. The van der Waals surface area contributed by atoms with Crippen molar-refractivity contribution < 1.29 is 9.53 Å². The van der Waals surface area contributed by atoms with Crippen LogP contribution in [-0.4, -0.2) is 28.9 Å². The maximum atomic E-state index is 11.5. The summed E-state index contributed by atoms with van der Waals surface area (Å²) >= 11 is 4.98. The quantitative estimate of drug-likeness (QED) is 0.549. The summed E-state index contributed by atoms with van der Waals surface area (Å²) in [4.78, 5) is 13.6. The Bertz CT molecular complexity index is 418. The third-order valence-electron chi connectivity index (χ3n) is 2.91. The Morgan fingerprint density at radius 2 is 1.94 bits per heavy atom. The van der Waals surface area contributed by atoms with E-state index < -0.39 is 5.97 Å². The number of cyclic esters (lactones) is 1. The van der Waals surface area contributed by atoms with Gasteiger partial charge in [0.15, 0.2) is 4.99 Å².